The SMILES string of the molecule is CCc1ccc(-c2cc(C(=O)Nc3nc(-c4ccc(C)cc4)cs3)c3ccccc3n2)cc1. The number of nitrogens with zero attached hydrogens (tertiary/aromatic N) is 2. The molecule has 0 aliphatic carbocycles. The van der Waals surface area contributed by atoms with E-state index in [2.05, 4.69) is 60.5 Å². The number of benzene rings is 3. The molecule has 1 N–H and O–H groups in total. The number of thiazole rings is 1. The molecular weight excluding hydrogens is 426 g/mol. The van der Waals surface area contributed by atoms with Crippen molar-refractivity contribution in [2.24, 2.45) is 0 Å². The van der Waals surface area contributed by atoms with E-state index in [4.69, 9.17) is 4.98 Å². The van der Waals surface area contributed by atoms with Gasteiger partial charge in [0.25, 0.3) is 5.91 Å². The molecule has 33 heavy (non-hydrogen) atoms. The molecule has 3 aromatic carbocycles. The average Bonchev–Trinajstić information content (AvgIpc) is 3.32. The van der Waals surface area contributed by atoms with E-state index in [1.54, 1.807) is 0 Å². The minimum Gasteiger partial charge on any atom is -0.298 e. The molecule has 2 heterocycles. The maximum Gasteiger partial charge on any atom is 0.258 e. The van der Waals surface area contributed by atoms with Gasteiger partial charge in [0.2, 0.25) is 0 Å². The van der Waals surface area contributed by atoms with Gasteiger partial charge in [0.15, 0.2) is 5.13 Å². The zero-order chi connectivity index (χ0) is 22.8. The van der Waals surface area contributed by atoms with Gasteiger partial charge in [0, 0.05) is 21.9 Å². The summed E-state index contributed by atoms with van der Waals surface area (Å²) in [6.45, 7) is 4.19. The highest BCUT2D eigenvalue weighted by molar-refractivity contribution is 7.14. The fraction of sp³-hybridized carbons (Fsp3) is 0.107. The van der Waals surface area contributed by atoms with Crippen LogP contribution in [0.3, 0.4) is 0 Å². The largest absolute Gasteiger partial charge is 0.298 e. The van der Waals surface area contributed by atoms with Gasteiger partial charge in [-0.25, -0.2) is 9.97 Å². The van der Waals surface area contributed by atoms with Gasteiger partial charge in [-0.1, -0.05) is 79.2 Å². The number of carbonyl (C=O) groups is 1. The highest BCUT2D eigenvalue weighted by atomic mass is 32.1. The van der Waals surface area contributed by atoms with Crippen LogP contribution in [0.2, 0.25) is 0 Å². The van der Waals surface area contributed by atoms with Gasteiger partial charge < -0.3 is 0 Å². The molecule has 0 saturated carbocycles. The van der Waals surface area contributed by atoms with Crippen molar-refractivity contribution in [3.63, 3.8) is 0 Å². The van der Waals surface area contributed by atoms with Crippen LogP contribution in [0.5, 0.6) is 0 Å². The Morgan fingerprint density at radius 3 is 2.33 bits per heavy atom. The summed E-state index contributed by atoms with van der Waals surface area (Å²) < 4.78 is 0. The van der Waals surface area contributed by atoms with Crippen LogP contribution in [0.15, 0.2) is 84.2 Å². The number of pyridine rings is 1. The first kappa shape index (κ1) is 21.0. The van der Waals surface area contributed by atoms with Gasteiger partial charge in [-0.05, 0) is 31.0 Å². The molecule has 0 fully saturated rings. The predicted octanol–water partition coefficient (Wildman–Crippen LogP) is 7.15. The maximum atomic E-state index is 13.3. The minimum atomic E-state index is -0.190. The van der Waals surface area contributed by atoms with E-state index in [0.717, 1.165) is 39.8 Å². The lowest BCUT2D eigenvalue weighted by molar-refractivity contribution is 0.102. The third-order valence-electron chi connectivity index (χ3n) is 5.69. The van der Waals surface area contributed by atoms with Crippen molar-refractivity contribution in [3.05, 3.63) is 101 Å². The fourth-order valence-electron chi connectivity index (χ4n) is 3.77. The summed E-state index contributed by atoms with van der Waals surface area (Å²) in [6.07, 6.45) is 0.984. The molecular formula is C28H23N3OS. The highest BCUT2D eigenvalue weighted by Crippen LogP contribution is 2.28. The number of para-hydroxylation sites is 1. The normalized spacial score (nSPS) is 11.0. The lowest BCUT2D eigenvalue weighted by atomic mass is 10.0. The van der Waals surface area contributed by atoms with Crippen molar-refractivity contribution >= 4 is 33.3 Å². The Balaban J connectivity index is 1.48. The lowest BCUT2D eigenvalue weighted by Crippen LogP contribution is -2.13. The number of rotatable bonds is 5. The molecule has 0 spiro atoms. The van der Waals surface area contributed by atoms with Gasteiger partial charge >= 0.3 is 0 Å². The highest BCUT2D eigenvalue weighted by Gasteiger charge is 2.16. The Labute approximate surface area is 197 Å². The van der Waals surface area contributed by atoms with Crippen LogP contribution in [0, 0.1) is 6.92 Å². The summed E-state index contributed by atoms with van der Waals surface area (Å²) in [7, 11) is 0. The number of anilines is 1. The second kappa shape index (κ2) is 8.96. The van der Waals surface area contributed by atoms with Crippen LogP contribution >= 0.6 is 11.3 Å². The number of carbonyl (C=O) groups excluding carboxylic acids is 1. The summed E-state index contributed by atoms with van der Waals surface area (Å²) in [4.78, 5) is 22.8. The first-order valence-corrected chi connectivity index (χ1v) is 11.8. The van der Waals surface area contributed by atoms with Crippen molar-refractivity contribution in [2.45, 2.75) is 20.3 Å². The van der Waals surface area contributed by atoms with Gasteiger partial charge in [0.05, 0.1) is 22.5 Å². The molecule has 0 unspecified atom stereocenters. The number of fused-ring (bicyclic) bond motifs is 1. The second-order valence-electron chi connectivity index (χ2n) is 7.98. The molecule has 1 amide bonds. The molecule has 0 atom stereocenters. The maximum absolute atomic E-state index is 13.3. The zero-order valence-electron chi connectivity index (χ0n) is 18.5. The molecule has 4 nitrogen and oxygen atoms in total. The molecule has 0 aliphatic heterocycles. The molecule has 0 radical (unpaired) electrons. The fourth-order valence-corrected chi connectivity index (χ4v) is 4.49. The van der Waals surface area contributed by atoms with Crippen LogP contribution in [-0.2, 0) is 6.42 Å². The molecule has 5 aromatic rings. The summed E-state index contributed by atoms with van der Waals surface area (Å²) in [5.41, 5.74) is 7.50. The summed E-state index contributed by atoms with van der Waals surface area (Å²) in [6, 6.07) is 26.1. The molecule has 5 rings (SSSR count). The third-order valence-corrected chi connectivity index (χ3v) is 6.45. The van der Waals surface area contributed by atoms with Crippen LogP contribution in [0.25, 0.3) is 33.4 Å². The average molecular weight is 450 g/mol. The van der Waals surface area contributed by atoms with E-state index in [-0.39, 0.29) is 5.91 Å². The Morgan fingerprint density at radius 1 is 0.879 bits per heavy atom. The molecule has 5 heteroatoms. The number of amides is 1. The molecule has 0 bridgehead atoms. The van der Waals surface area contributed by atoms with Crippen molar-refractivity contribution < 1.29 is 4.79 Å². The third kappa shape index (κ3) is 4.41. The number of aromatic nitrogens is 2. The van der Waals surface area contributed by atoms with Crippen LogP contribution in [-0.4, -0.2) is 15.9 Å². The van der Waals surface area contributed by atoms with E-state index in [9.17, 15) is 4.79 Å². The van der Waals surface area contributed by atoms with Gasteiger partial charge in [-0.15, -0.1) is 11.3 Å². The smallest absolute Gasteiger partial charge is 0.258 e. The minimum absolute atomic E-state index is 0.190. The van der Waals surface area contributed by atoms with E-state index in [1.807, 2.05) is 47.8 Å². The van der Waals surface area contributed by atoms with Gasteiger partial charge in [0.1, 0.15) is 0 Å². The van der Waals surface area contributed by atoms with E-state index in [0.29, 0.717) is 10.7 Å². The number of nitrogens with one attached hydrogen (secondary N) is 1. The molecule has 0 aliphatic rings. The molecule has 2 aromatic heterocycles. The number of aryl methyl sites for hydroxylation is 2. The summed E-state index contributed by atoms with van der Waals surface area (Å²) >= 11 is 1.42. The Morgan fingerprint density at radius 2 is 1.58 bits per heavy atom. The zero-order valence-corrected chi connectivity index (χ0v) is 19.3. The first-order chi connectivity index (χ1) is 16.1. The van der Waals surface area contributed by atoms with E-state index < -0.39 is 0 Å². The van der Waals surface area contributed by atoms with Gasteiger partial charge in [-0.3, -0.25) is 10.1 Å². The number of hydrogen-bond donors (Lipinski definition) is 1. The lowest BCUT2D eigenvalue weighted by Gasteiger charge is -2.10. The Kier molecular flexibility index (Phi) is 5.71. The standard InChI is InChI=1S/C28H23N3OS/c1-3-19-10-14-20(15-11-19)25-16-23(22-6-4-5-7-24(22)29-25)27(32)31-28-30-26(17-33-28)21-12-8-18(2)9-13-21/h4-17H,3H2,1-2H3,(H,30,31,32). The summed E-state index contributed by atoms with van der Waals surface area (Å²) in [5.74, 6) is -0.190. The van der Waals surface area contributed by atoms with Crippen LogP contribution < -0.4 is 5.32 Å². The van der Waals surface area contributed by atoms with Gasteiger partial charge in [-0.2, -0.15) is 0 Å². The van der Waals surface area contributed by atoms with E-state index in [1.165, 1.54) is 22.5 Å². The Hall–Kier alpha value is -3.83. The van der Waals surface area contributed by atoms with E-state index >= 15 is 0 Å². The van der Waals surface area contributed by atoms with Crippen LogP contribution in [0.1, 0.15) is 28.4 Å². The van der Waals surface area contributed by atoms with Crippen molar-refractivity contribution in [2.75, 3.05) is 5.32 Å². The second-order valence-corrected chi connectivity index (χ2v) is 8.84. The summed E-state index contributed by atoms with van der Waals surface area (Å²) in [5, 5.41) is 6.35. The Bertz CT molecular complexity index is 1440. The number of hydrogen-bond acceptors (Lipinski definition) is 4. The van der Waals surface area contributed by atoms with Crippen molar-refractivity contribution in [1.29, 1.82) is 0 Å². The monoisotopic (exact) mass is 449 g/mol. The predicted molar refractivity (Wildman–Crippen MR) is 137 cm³/mol. The molecule has 0 saturated heterocycles. The molecule has 162 valence electrons. The van der Waals surface area contributed by atoms with Crippen molar-refractivity contribution in [3.8, 4) is 22.5 Å². The quantitative estimate of drug-likeness (QED) is 0.310. The van der Waals surface area contributed by atoms with Crippen LogP contribution in [0.4, 0.5) is 5.13 Å². The topological polar surface area (TPSA) is 54.9 Å². The first-order valence-electron chi connectivity index (χ1n) is 10.9. The van der Waals surface area contributed by atoms with Crippen molar-refractivity contribution in [1.82, 2.24) is 9.97 Å².